The van der Waals surface area contributed by atoms with E-state index in [1.807, 2.05) is 0 Å². The average molecular weight is 419 g/mol. The Bertz CT molecular complexity index is 614. The van der Waals surface area contributed by atoms with Gasteiger partial charge in [0.1, 0.15) is 12.7 Å². The van der Waals surface area contributed by atoms with Crippen molar-refractivity contribution in [3.63, 3.8) is 0 Å². The van der Waals surface area contributed by atoms with Gasteiger partial charge in [-0.15, -0.1) is 0 Å². The van der Waals surface area contributed by atoms with Gasteiger partial charge in [0.15, 0.2) is 24.6 Å². The van der Waals surface area contributed by atoms with Gasteiger partial charge in [-0.25, -0.2) is 0 Å². The van der Waals surface area contributed by atoms with E-state index < -0.39 is 54.6 Å². The largest absolute Gasteiger partial charge is 0.463 e. The minimum Gasteiger partial charge on any atom is -0.463 e. The molecule has 0 aromatic carbocycles. The van der Waals surface area contributed by atoms with Crippen LogP contribution in [0.1, 0.15) is 27.7 Å². The molecule has 1 heterocycles. The van der Waals surface area contributed by atoms with Crippen molar-refractivity contribution >= 4 is 23.9 Å². The number of hydrogen-bond acceptors (Lipinski definition) is 10. The molecule has 0 unspecified atom stereocenters. The summed E-state index contributed by atoms with van der Waals surface area (Å²) in [5, 5.41) is 1.71. The Hall–Kier alpha value is -2.80. The van der Waals surface area contributed by atoms with Gasteiger partial charge in [0, 0.05) is 34.2 Å². The molecule has 0 amide bonds. The van der Waals surface area contributed by atoms with Crippen LogP contribution < -0.4 is 10.6 Å². The summed E-state index contributed by atoms with van der Waals surface area (Å²) in [6, 6.07) is 0. The standard InChI is InChI=1S/C16H25N3O10/c1-8(20)25-7-12-13(26-9(2)21)14(27-10(3)22)15(28-11(4)23)16(29-12)24-6-5-18-19-17/h12-16,19H,5-7H2,1-4H3,(H-,17,18)/t12-,13-,14+,15-,16-/m0/s1. The van der Waals surface area contributed by atoms with Crippen LogP contribution in [0.4, 0.5) is 0 Å². The van der Waals surface area contributed by atoms with E-state index in [4.69, 9.17) is 34.0 Å². The summed E-state index contributed by atoms with van der Waals surface area (Å²) in [5.74, 6) is -2.79. The monoisotopic (exact) mass is 419 g/mol. The van der Waals surface area contributed by atoms with Crippen molar-refractivity contribution in [3.05, 3.63) is 5.53 Å². The molecule has 0 radical (unpaired) electrons. The SMILES string of the molecule is CC(=O)OC[C@@H]1O[C@H](OCCN[NH+]=[N-])[C@@H](OC(C)=O)[C@H](OC(C)=O)[C@H]1OC(C)=O. The molecule has 29 heavy (non-hydrogen) atoms. The number of nitrogens with zero attached hydrogens (tertiary/aromatic N) is 1. The summed E-state index contributed by atoms with van der Waals surface area (Å²) < 4.78 is 31.8. The molecule has 1 saturated heterocycles. The molecule has 1 aliphatic heterocycles. The fourth-order valence-corrected chi connectivity index (χ4v) is 2.60. The zero-order valence-corrected chi connectivity index (χ0v) is 16.5. The van der Waals surface area contributed by atoms with Crippen LogP contribution in [0.3, 0.4) is 0 Å². The molecule has 0 bridgehead atoms. The van der Waals surface area contributed by atoms with Crippen LogP contribution >= 0.6 is 0 Å². The highest BCUT2D eigenvalue weighted by molar-refractivity contribution is 5.68. The molecule has 1 fully saturated rings. The lowest BCUT2D eigenvalue weighted by Crippen LogP contribution is -2.76. The number of ether oxygens (including phenoxy) is 6. The predicted molar refractivity (Wildman–Crippen MR) is 90.2 cm³/mol. The van der Waals surface area contributed by atoms with E-state index in [0.29, 0.717) is 0 Å². The molecule has 1 rings (SSSR count). The van der Waals surface area contributed by atoms with Crippen molar-refractivity contribution in [1.29, 1.82) is 0 Å². The fraction of sp³-hybridized carbons (Fsp3) is 0.750. The first kappa shape index (κ1) is 24.2. The van der Waals surface area contributed by atoms with Crippen molar-refractivity contribution in [2.75, 3.05) is 19.8 Å². The number of hydrogen-bond donors (Lipinski definition) is 2. The third-order valence-electron chi connectivity index (χ3n) is 3.54. The molecular weight excluding hydrogens is 394 g/mol. The van der Waals surface area contributed by atoms with Crippen LogP contribution in [0, 0.1) is 0 Å². The predicted octanol–water partition coefficient (Wildman–Crippen LogP) is -2.31. The highest BCUT2D eigenvalue weighted by Gasteiger charge is 2.52. The van der Waals surface area contributed by atoms with Gasteiger partial charge in [0.25, 0.3) is 0 Å². The Labute approximate surface area is 166 Å². The molecule has 2 N–H and O–H groups in total. The summed E-state index contributed by atoms with van der Waals surface area (Å²) in [6.45, 7) is 4.32. The minimum absolute atomic E-state index is 0.0265. The van der Waals surface area contributed by atoms with Crippen LogP contribution in [0.5, 0.6) is 0 Å². The first-order chi connectivity index (χ1) is 13.6. The summed E-state index contributed by atoms with van der Waals surface area (Å²) in [5.41, 5.74) is 10.9. The Morgan fingerprint density at radius 2 is 1.45 bits per heavy atom. The van der Waals surface area contributed by atoms with Crippen molar-refractivity contribution < 1.29 is 52.8 Å². The third-order valence-corrected chi connectivity index (χ3v) is 3.54. The summed E-state index contributed by atoms with van der Waals surface area (Å²) in [7, 11) is 0. The molecule has 1 aliphatic rings. The number of nitrogens with one attached hydrogen (secondary N) is 2. The second-order valence-electron chi connectivity index (χ2n) is 5.98. The molecule has 0 aromatic rings. The van der Waals surface area contributed by atoms with Gasteiger partial charge in [-0.2, -0.15) is 10.8 Å². The smallest absolute Gasteiger partial charge is 0.303 e. The van der Waals surface area contributed by atoms with Crippen LogP contribution in [0.25, 0.3) is 5.53 Å². The Morgan fingerprint density at radius 1 is 0.897 bits per heavy atom. The maximum absolute atomic E-state index is 11.6. The van der Waals surface area contributed by atoms with Gasteiger partial charge in [-0.05, 0) is 0 Å². The molecule has 164 valence electrons. The van der Waals surface area contributed by atoms with E-state index in [1.165, 1.54) is 6.92 Å². The molecule has 5 atom stereocenters. The van der Waals surface area contributed by atoms with E-state index in [2.05, 4.69) is 5.43 Å². The van der Waals surface area contributed by atoms with Crippen LogP contribution in [0.2, 0.25) is 0 Å². The van der Waals surface area contributed by atoms with Gasteiger partial charge in [-0.3, -0.25) is 24.6 Å². The quantitative estimate of drug-likeness (QED) is 0.128. The second-order valence-corrected chi connectivity index (χ2v) is 5.98. The Kier molecular flexibility index (Phi) is 9.96. The minimum atomic E-state index is -1.29. The molecule has 13 heteroatoms. The van der Waals surface area contributed by atoms with Crippen molar-refractivity contribution in [2.45, 2.75) is 58.4 Å². The van der Waals surface area contributed by atoms with Crippen molar-refractivity contribution in [2.24, 2.45) is 0 Å². The fourth-order valence-electron chi connectivity index (χ4n) is 2.60. The Balaban J connectivity index is 3.19. The average Bonchev–Trinajstić information content (AvgIpc) is 2.60. The Morgan fingerprint density at radius 3 is 1.97 bits per heavy atom. The normalized spacial score (nSPS) is 26.0. The van der Waals surface area contributed by atoms with E-state index >= 15 is 0 Å². The summed E-state index contributed by atoms with van der Waals surface area (Å²) >= 11 is 0. The van der Waals surface area contributed by atoms with Gasteiger partial charge in [0.2, 0.25) is 0 Å². The molecule has 0 aliphatic carbocycles. The molecular formula is C16H25N3O10. The lowest BCUT2D eigenvalue weighted by Gasteiger charge is -2.44. The van der Waals surface area contributed by atoms with Gasteiger partial charge in [-0.1, -0.05) is 0 Å². The van der Waals surface area contributed by atoms with Crippen LogP contribution in [-0.4, -0.2) is 74.3 Å². The highest BCUT2D eigenvalue weighted by atomic mass is 16.7. The number of carbonyl (C=O) groups excluding carboxylic acids is 4. The second kappa shape index (κ2) is 11.9. The first-order valence-corrected chi connectivity index (χ1v) is 8.69. The third kappa shape index (κ3) is 8.39. The molecule has 13 nitrogen and oxygen atoms in total. The maximum Gasteiger partial charge on any atom is 0.303 e. The number of carbonyl (C=O) groups is 4. The zero-order chi connectivity index (χ0) is 22.0. The van der Waals surface area contributed by atoms with Gasteiger partial charge in [0.05, 0.1) is 6.61 Å². The summed E-state index contributed by atoms with van der Waals surface area (Å²) in [4.78, 5) is 46.0. The van der Waals surface area contributed by atoms with E-state index in [-0.39, 0.29) is 19.8 Å². The lowest BCUT2D eigenvalue weighted by atomic mass is 9.98. The van der Waals surface area contributed by atoms with E-state index in [0.717, 1.165) is 20.8 Å². The zero-order valence-electron chi connectivity index (χ0n) is 16.5. The number of esters is 4. The van der Waals surface area contributed by atoms with Gasteiger partial charge >= 0.3 is 23.9 Å². The van der Waals surface area contributed by atoms with Crippen LogP contribution in [0.15, 0.2) is 0 Å². The lowest BCUT2D eigenvalue weighted by molar-refractivity contribution is -0.549. The van der Waals surface area contributed by atoms with Crippen molar-refractivity contribution in [1.82, 2.24) is 5.43 Å². The maximum atomic E-state index is 11.6. The molecule has 0 aromatic heterocycles. The van der Waals surface area contributed by atoms with Crippen LogP contribution in [-0.2, 0) is 47.6 Å². The molecule has 0 spiro atoms. The van der Waals surface area contributed by atoms with E-state index in [9.17, 15) is 19.2 Å². The first-order valence-electron chi connectivity index (χ1n) is 8.69. The number of hydrazine groups is 1. The van der Waals surface area contributed by atoms with Gasteiger partial charge < -0.3 is 28.4 Å². The molecule has 0 saturated carbocycles. The topological polar surface area (TPSA) is 172 Å². The van der Waals surface area contributed by atoms with E-state index in [1.54, 1.807) is 5.22 Å². The number of rotatable bonds is 10. The highest BCUT2D eigenvalue weighted by Crippen LogP contribution is 2.29. The van der Waals surface area contributed by atoms with Crippen molar-refractivity contribution in [3.8, 4) is 0 Å². The summed E-state index contributed by atoms with van der Waals surface area (Å²) in [6.07, 6.45) is -6.14.